The molecule has 6 heteroatoms. The topological polar surface area (TPSA) is 71.3 Å². The van der Waals surface area contributed by atoms with Crippen LogP contribution in [0.3, 0.4) is 0 Å². The molecule has 0 radical (unpaired) electrons. The van der Waals surface area contributed by atoms with Gasteiger partial charge < -0.3 is 15.1 Å². The SMILES string of the molecule is C[C@H]1CCCC[C@H]1NC(=O)CNC(=O)c1ccc(Br)o1. The average molecular weight is 343 g/mol. The molecule has 1 aromatic rings. The van der Waals surface area contributed by atoms with Crippen molar-refractivity contribution in [2.45, 2.75) is 38.6 Å². The Kier molecular flexibility index (Phi) is 5.23. The lowest BCUT2D eigenvalue weighted by atomic mass is 9.86. The lowest BCUT2D eigenvalue weighted by Crippen LogP contribution is -2.45. The molecule has 0 unspecified atom stereocenters. The molecule has 1 heterocycles. The van der Waals surface area contributed by atoms with Gasteiger partial charge in [-0.2, -0.15) is 0 Å². The summed E-state index contributed by atoms with van der Waals surface area (Å²) in [5, 5.41) is 5.54. The highest BCUT2D eigenvalue weighted by molar-refractivity contribution is 9.10. The Morgan fingerprint density at radius 1 is 1.35 bits per heavy atom. The van der Waals surface area contributed by atoms with E-state index in [1.54, 1.807) is 12.1 Å². The maximum absolute atomic E-state index is 11.8. The molecule has 2 rings (SSSR count). The van der Waals surface area contributed by atoms with Gasteiger partial charge in [0.2, 0.25) is 5.91 Å². The summed E-state index contributed by atoms with van der Waals surface area (Å²) in [4.78, 5) is 23.5. The Hall–Kier alpha value is -1.30. The third-order valence-corrected chi connectivity index (χ3v) is 4.09. The number of hydrogen-bond donors (Lipinski definition) is 2. The van der Waals surface area contributed by atoms with E-state index in [0.29, 0.717) is 10.6 Å². The van der Waals surface area contributed by atoms with Gasteiger partial charge in [-0.3, -0.25) is 9.59 Å². The van der Waals surface area contributed by atoms with Crippen molar-refractivity contribution in [2.24, 2.45) is 5.92 Å². The highest BCUT2D eigenvalue weighted by atomic mass is 79.9. The number of nitrogens with one attached hydrogen (secondary N) is 2. The fourth-order valence-electron chi connectivity index (χ4n) is 2.47. The molecule has 0 spiro atoms. The van der Waals surface area contributed by atoms with Crippen LogP contribution in [0.4, 0.5) is 0 Å². The monoisotopic (exact) mass is 342 g/mol. The summed E-state index contributed by atoms with van der Waals surface area (Å²) in [5.74, 6) is 0.158. The standard InChI is InChI=1S/C14H19BrN2O3/c1-9-4-2-3-5-10(9)17-13(18)8-16-14(19)11-6-7-12(15)20-11/h6-7,9-10H,2-5,8H2,1H3,(H,16,19)(H,17,18)/t9-,10+/m0/s1. The summed E-state index contributed by atoms with van der Waals surface area (Å²) in [6.45, 7) is 2.13. The number of carbonyl (C=O) groups is 2. The third-order valence-electron chi connectivity index (χ3n) is 3.66. The van der Waals surface area contributed by atoms with E-state index < -0.39 is 0 Å². The lowest BCUT2D eigenvalue weighted by Gasteiger charge is -2.29. The Labute approximate surface area is 126 Å². The first-order valence-corrected chi connectivity index (χ1v) is 7.68. The summed E-state index contributed by atoms with van der Waals surface area (Å²) in [7, 11) is 0. The zero-order valence-corrected chi connectivity index (χ0v) is 13.0. The van der Waals surface area contributed by atoms with Gasteiger partial charge in [0.25, 0.3) is 5.91 Å². The Bertz CT molecular complexity index is 487. The maximum atomic E-state index is 11.8. The van der Waals surface area contributed by atoms with Crippen molar-refractivity contribution in [3.63, 3.8) is 0 Å². The Balaban J connectivity index is 1.76. The fourth-order valence-corrected chi connectivity index (χ4v) is 2.78. The summed E-state index contributed by atoms with van der Waals surface area (Å²) in [5.41, 5.74) is 0. The first kappa shape index (κ1) is 15.1. The third kappa shape index (κ3) is 4.10. The van der Waals surface area contributed by atoms with Crippen LogP contribution >= 0.6 is 15.9 Å². The van der Waals surface area contributed by atoms with Crippen LogP contribution in [0.2, 0.25) is 0 Å². The van der Waals surface area contributed by atoms with Gasteiger partial charge in [0.15, 0.2) is 10.4 Å². The number of rotatable bonds is 4. The first-order valence-electron chi connectivity index (χ1n) is 6.89. The summed E-state index contributed by atoms with van der Waals surface area (Å²) < 4.78 is 5.61. The fraction of sp³-hybridized carbons (Fsp3) is 0.571. The second-order valence-electron chi connectivity index (χ2n) is 5.22. The molecule has 1 aliphatic rings. The predicted octanol–water partition coefficient (Wildman–Crippen LogP) is 2.47. The molecule has 0 saturated heterocycles. The number of furan rings is 1. The van der Waals surface area contributed by atoms with E-state index in [0.717, 1.165) is 19.3 Å². The minimum absolute atomic E-state index is 0.0274. The van der Waals surface area contributed by atoms with Crippen LogP contribution in [-0.2, 0) is 4.79 Å². The van der Waals surface area contributed by atoms with Gasteiger partial charge in [-0.15, -0.1) is 0 Å². The molecule has 2 atom stereocenters. The zero-order valence-electron chi connectivity index (χ0n) is 11.4. The molecular weight excluding hydrogens is 324 g/mol. The van der Waals surface area contributed by atoms with Crippen LogP contribution in [0.1, 0.15) is 43.2 Å². The van der Waals surface area contributed by atoms with E-state index in [-0.39, 0.29) is 30.2 Å². The molecule has 110 valence electrons. The molecular formula is C14H19BrN2O3. The molecule has 1 aromatic heterocycles. The van der Waals surface area contributed by atoms with Crippen molar-refractivity contribution >= 4 is 27.7 Å². The second-order valence-corrected chi connectivity index (χ2v) is 6.00. The second kappa shape index (κ2) is 6.92. The van der Waals surface area contributed by atoms with E-state index in [4.69, 9.17) is 4.42 Å². The lowest BCUT2D eigenvalue weighted by molar-refractivity contribution is -0.121. The maximum Gasteiger partial charge on any atom is 0.287 e. The Morgan fingerprint density at radius 3 is 2.75 bits per heavy atom. The van der Waals surface area contributed by atoms with E-state index in [1.807, 2.05) is 0 Å². The van der Waals surface area contributed by atoms with E-state index in [9.17, 15) is 9.59 Å². The average Bonchev–Trinajstić information content (AvgIpc) is 2.85. The molecule has 0 bridgehead atoms. The summed E-state index contributed by atoms with van der Waals surface area (Å²) >= 11 is 3.13. The first-order chi connectivity index (χ1) is 9.56. The quantitative estimate of drug-likeness (QED) is 0.882. The van der Waals surface area contributed by atoms with Gasteiger partial charge in [0, 0.05) is 6.04 Å². The van der Waals surface area contributed by atoms with Crippen LogP contribution in [0.5, 0.6) is 0 Å². The van der Waals surface area contributed by atoms with Crippen molar-refractivity contribution in [3.8, 4) is 0 Å². The predicted molar refractivity (Wildman–Crippen MR) is 78.3 cm³/mol. The van der Waals surface area contributed by atoms with Crippen LogP contribution < -0.4 is 10.6 Å². The molecule has 1 aliphatic carbocycles. The van der Waals surface area contributed by atoms with Crippen molar-refractivity contribution < 1.29 is 14.0 Å². The van der Waals surface area contributed by atoms with E-state index in [2.05, 4.69) is 33.5 Å². The normalized spacial score (nSPS) is 22.3. The van der Waals surface area contributed by atoms with Crippen LogP contribution in [0.15, 0.2) is 21.2 Å². The van der Waals surface area contributed by atoms with Crippen molar-refractivity contribution in [1.82, 2.24) is 10.6 Å². The van der Waals surface area contributed by atoms with Crippen LogP contribution in [-0.4, -0.2) is 24.4 Å². The van der Waals surface area contributed by atoms with Crippen LogP contribution in [0, 0.1) is 5.92 Å². The Morgan fingerprint density at radius 2 is 2.10 bits per heavy atom. The van der Waals surface area contributed by atoms with Gasteiger partial charge in [-0.05, 0) is 46.8 Å². The zero-order chi connectivity index (χ0) is 14.5. The molecule has 5 nitrogen and oxygen atoms in total. The van der Waals surface area contributed by atoms with Gasteiger partial charge in [-0.25, -0.2) is 0 Å². The van der Waals surface area contributed by atoms with Gasteiger partial charge in [-0.1, -0.05) is 19.8 Å². The highest BCUT2D eigenvalue weighted by Crippen LogP contribution is 2.23. The van der Waals surface area contributed by atoms with Gasteiger partial charge in [0.1, 0.15) is 0 Å². The molecule has 2 N–H and O–H groups in total. The molecule has 0 aliphatic heterocycles. The molecule has 1 fully saturated rings. The summed E-state index contributed by atoms with van der Waals surface area (Å²) in [6.07, 6.45) is 4.56. The van der Waals surface area contributed by atoms with Crippen molar-refractivity contribution in [3.05, 3.63) is 22.6 Å². The van der Waals surface area contributed by atoms with E-state index in [1.165, 1.54) is 6.42 Å². The number of carbonyl (C=O) groups excluding carboxylic acids is 2. The van der Waals surface area contributed by atoms with Crippen molar-refractivity contribution in [2.75, 3.05) is 6.54 Å². The minimum atomic E-state index is -0.387. The number of halogens is 1. The van der Waals surface area contributed by atoms with E-state index >= 15 is 0 Å². The summed E-state index contributed by atoms with van der Waals surface area (Å²) in [6, 6.07) is 3.42. The van der Waals surface area contributed by atoms with Gasteiger partial charge >= 0.3 is 0 Å². The smallest absolute Gasteiger partial charge is 0.287 e. The minimum Gasteiger partial charge on any atom is -0.444 e. The molecule has 2 amide bonds. The molecule has 0 aromatic carbocycles. The van der Waals surface area contributed by atoms with Gasteiger partial charge in [0.05, 0.1) is 6.54 Å². The molecule has 1 saturated carbocycles. The number of amides is 2. The van der Waals surface area contributed by atoms with Crippen molar-refractivity contribution in [1.29, 1.82) is 0 Å². The van der Waals surface area contributed by atoms with Crippen LogP contribution in [0.25, 0.3) is 0 Å². The highest BCUT2D eigenvalue weighted by Gasteiger charge is 2.23. The molecule has 20 heavy (non-hydrogen) atoms. The number of hydrogen-bond acceptors (Lipinski definition) is 3. The largest absolute Gasteiger partial charge is 0.444 e.